The Labute approximate surface area is 82.5 Å². The molecule has 0 amide bonds. The van der Waals surface area contributed by atoms with Crippen LogP contribution in [0.1, 0.15) is 0 Å². The van der Waals surface area contributed by atoms with Crippen LogP contribution < -0.4 is 0 Å². The average Bonchev–Trinajstić information content (AvgIpc) is 2.07. The van der Waals surface area contributed by atoms with Crippen LogP contribution in [0.25, 0.3) is 0 Å². The van der Waals surface area contributed by atoms with E-state index >= 15 is 0 Å². The predicted octanol–water partition coefficient (Wildman–Crippen LogP) is 4.10. The lowest BCUT2D eigenvalue weighted by molar-refractivity contribution is 1.26. The normalized spacial score (nSPS) is 10.5. The third-order valence-corrected chi connectivity index (χ3v) is 3.15. The first-order valence-corrected chi connectivity index (χ1v) is 3.97. The summed E-state index contributed by atoms with van der Waals surface area (Å²) in [4.78, 5) is 0. The van der Waals surface area contributed by atoms with Crippen LogP contribution in [0.5, 0.6) is 0 Å². The van der Waals surface area contributed by atoms with E-state index in [2.05, 4.69) is 0 Å². The van der Waals surface area contributed by atoms with Crippen molar-refractivity contribution in [2.75, 3.05) is 0 Å². The molecule has 0 saturated carbocycles. The van der Waals surface area contributed by atoms with E-state index in [9.17, 15) is 0 Å². The van der Waals surface area contributed by atoms with Gasteiger partial charge in [0.05, 0.1) is 10.0 Å². The maximum Gasteiger partial charge on any atom is 0.145 e. The van der Waals surface area contributed by atoms with Crippen LogP contribution >= 0.6 is 58.2 Å². The highest BCUT2D eigenvalue weighted by molar-refractivity contribution is 6.53. The summed E-state index contributed by atoms with van der Waals surface area (Å²) in [6.45, 7) is 0. The highest BCUT2D eigenvalue weighted by atomic mass is 35.5. The van der Waals surface area contributed by atoms with E-state index in [0.29, 0.717) is 0 Å². The van der Waals surface area contributed by atoms with Gasteiger partial charge in [-0.05, 0) is 0 Å². The molecule has 0 fully saturated rings. The second-order valence-electron chi connectivity index (χ2n) is 1.49. The molecule has 10 heavy (non-hydrogen) atoms. The van der Waals surface area contributed by atoms with Gasteiger partial charge >= 0.3 is 0 Å². The molecule has 1 aromatic heterocycles. The molecule has 56 valence electrons. The van der Waals surface area contributed by atoms with Gasteiger partial charge in [0.2, 0.25) is 0 Å². The third-order valence-electron chi connectivity index (χ3n) is 0.900. The minimum Gasteiger partial charge on any atom is -0.228 e. The lowest BCUT2D eigenvalue weighted by atomic mass is 10.7. The molecule has 0 spiro atoms. The zero-order valence-electron chi connectivity index (χ0n) is 4.34. The monoisotopic (exact) mass is 237 g/mol. The molecular formula is C4Cl5N. The molecule has 0 aliphatic heterocycles. The van der Waals surface area contributed by atoms with Crippen LogP contribution in [0.2, 0.25) is 20.4 Å². The minimum atomic E-state index is 0.123. The van der Waals surface area contributed by atoms with Crippen molar-refractivity contribution in [3.8, 4) is 0 Å². The number of hydrogen-bond donors (Lipinski definition) is 0. The fourth-order valence-corrected chi connectivity index (χ4v) is 1.54. The van der Waals surface area contributed by atoms with E-state index in [4.69, 9.17) is 58.2 Å². The fourth-order valence-electron chi connectivity index (χ4n) is 0.440. The zero-order valence-corrected chi connectivity index (χ0v) is 8.12. The Morgan fingerprint density at radius 3 is 1.20 bits per heavy atom. The first-order valence-electron chi connectivity index (χ1n) is 2.12. The summed E-state index contributed by atoms with van der Waals surface area (Å²) in [5.41, 5.74) is 0. The molecule has 1 nitrogen and oxygen atoms in total. The quantitative estimate of drug-likeness (QED) is 0.642. The van der Waals surface area contributed by atoms with Crippen molar-refractivity contribution in [1.29, 1.82) is 0 Å². The van der Waals surface area contributed by atoms with Gasteiger partial charge in [-0.1, -0.05) is 46.4 Å². The van der Waals surface area contributed by atoms with E-state index < -0.39 is 0 Å². The second kappa shape index (κ2) is 3.00. The van der Waals surface area contributed by atoms with Gasteiger partial charge in [0.15, 0.2) is 0 Å². The van der Waals surface area contributed by atoms with Crippen LogP contribution in [0.4, 0.5) is 0 Å². The van der Waals surface area contributed by atoms with Crippen LogP contribution in [-0.4, -0.2) is 4.09 Å². The van der Waals surface area contributed by atoms with E-state index in [0.717, 1.165) is 4.09 Å². The fraction of sp³-hybridized carbons (Fsp3) is 0. The first kappa shape index (κ1) is 8.82. The minimum absolute atomic E-state index is 0.123. The van der Waals surface area contributed by atoms with Crippen molar-refractivity contribution in [2.24, 2.45) is 0 Å². The maximum absolute atomic E-state index is 5.55. The Morgan fingerprint density at radius 2 is 1.10 bits per heavy atom. The van der Waals surface area contributed by atoms with Crippen LogP contribution in [0, 0.1) is 0 Å². The average molecular weight is 239 g/mol. The van der Waals surface area contributed by atoms with E-state index in [1.54, 1.807) is 0 Å². The third kappa shape index (κ3) is 1.21. The molecule has 1 heterocycles. The number of aromatic nitrogens is 1. The SMILES string of the molecule is Clc1c(Cl)c(Cl)n(Cl)c1Cl. The van der Waals surface area contributed by atoms with Crippen molar-refractivity contribution < 1.29 is 0 Å². The van der Waals surface area contributed by atoms with Crippen molar-refractivity contribution in [2.45, 2.75) is 0 Å². The molecule has 0 N–H and O–H groups in total. The summed E-state index contributed by atoms with van der Waals surface area (Å²) in [7, 11) is 0. The van der Waals surface area contributed by atoms with Gasteiger partial charge in [-0.2, -0.15) is 0 Å². The second-order valence-corrected chi connectivity index (χ2v) is 3.30. The van der Waals surface area contributed by atoms with Crippen molar-refractivity contribution >= 4 is 58.2 Å². The molecule has 0 aliphatic rings. The zero-order chi connectivity index (χ0) is 7.89. The Kier molecular flexibility index (Phi) is 2.64. The molecule has 0 radical (unpaired) electrons. The number of halogens is 5. The summed E-state index contributed by atoms with van der Waals surface area (Å²) in [5, 5.41) is 0.586. The summed E-state index contributed by atoms with van der Waals surface area (Å²) in [5.74, 6) is 0. The van der Waals surface area contributed by atoms with Gasteiger partial charge in [-0.3, -0.25) is 0 Å². The highest BCUT2D eigenvalue weighted by Crippen LogP contribution is 2.39. The van der Waals surface area contributed by atoms with Crippen molar-refractivity contribution in [3.05, 3.63) is 20.4 Å². The topological polar surface area (TPSA) is 4.93 Å². The lowest BCUT2D eigenvalue weighted by Crippen LogP contribution is -1.75. The molecule has 0 atom stereocenters. The van der Waals surface area contributed by atoms with Gasteiger partial charge in [-0.15, -0.1) is 0 Å². The molecule has 6 heteroatoms. The van der Waals surface area contributed by atoms with Gasteiger partial charge < -0.3 is 0 Å². The Hall–Kier alpha value is 0.730. The predicted molar refractivity (Wildman–Crippen MR) is 45.7 cm³/mol. The Morgan fingerprint density at radius 1 is 0.800 bits per heavy atom. The van der Waals surface area contributed by atoms with Gasteiger partial charge in [0, 0.05) is 11.8 Å². The smallest absolute Gasteiger partial charge is 0.145 e. The molecule has 1 aromatic rings. The van der Waals surface area contributed by atoms with Crippen molar-refractivity contribution in [1.82, 2.24) is 4.09 Å². The van der Waals surface area contributed by atoms with Gasteiger partial charge in [0.25, 0.3) is 0 Å². The summed E-state index contributed by atoms with van der Waals surface area (Å²) in [6, 6.07) is 0. The maximum atomic E-state index is 5.55. The lowest BCUT2D eigenvalue weighted by Gasteiger charge is -1.88. The highest BCUT2D eigenvalue weighted by Gasteiger charge is 2.15. The first-order chi connectivity index (χ1) is 4.55. The largest absolute Gasteiger partial charge is 0.228 e. The Bertz CT molecular complexity index is 185. The molecule has 0 bridgehead atoms. The number of rotatable bonds is 0. The van der Waals surface area contributed by atoms with Gasteiger partial charge in [0.1, 0.15) is 10.3 Å². The standard InChI is InChI=1S/C4Cl5N/c5-1-2(6)4(8)10(9)3(1)7. The van der Waals surface area contributed by atoms with E-state index in [1.807, 2.05) is 0 Å². The Balaban J connectivity index is 3.44. The molecular weight excluding hydrogens is 239 g/mol. The van der Waals surface area contributed by atoms with E-state index in [-0.39, 0.29) is 20.4 Å². The molecule has 0 aromatic carbocycles. The summed E-state index contributed by atoms with van der Waals surface area (Å²) < 4.78 is 0.980. The molecule has 1 rings (SSSR count). The number of nitrogens with zero attached hydrogens (tertiary/aromatic N) is 1. The summed E-state index contributed by atoms with van der Waals surface area (Å²) in [6.07, 6.45) is 0. The van der Waals surface area contributed by atoms with Crippen LogP contribution in [0.15, 0.2) is 0 Å². The van der Waals surface area contributed by atoms with Gasteiger partial charge in [-0.25, -0.2) is 4.09 Å². The number of hydrogen-bond acceptors (Lipinski definition) is 0. The summed E-state index contributed by atoms with van der Waals surface area (Å²) >= 11 is 27.7. The van der Waals surface area contributed by atoms with E-state index in [1.165, 1.54) is 0 Å². The molecule has 0 aliphatic carbocycles. The molecule has 0 unspecified atom stereocenters. The van der Waals surface area contributed by atoms with Crippen molar-refractivity contribution in [3.63, 3.8) is 0 Å². The van der Waals surface area contributed by atoms with Crippen LogP contribution in [-0.2, 0) is 0 Å². The van der Waals surface area contributed by atoms with Crippen LogP contribution in [0.3, 0.4) is 0 Å². The molecule has 0 saturated heterocycles.